The van der Waals surface area contributed by atoms with Crippen LogP contribution in [0.3, 0.4) is 0 Å². The van der Waals surface area contributed by atoms with Crippen molar-refractivity contribution >= 4 is 27.9 Å². The second-order valence-corrected chi connectivity index (χ2v) is 6.94. The van der Waals surface area contributed by atoms with Gasteiger partial charge in [0.05, 0.1) is 15.4 Å². The summed E-state index contributed by atoms with van der Waals surface area (Å²) in [5.74, 6) is 0.832. The van der Waals surface area contributed by atoms with Crippen LogP contribution in [0.15, 0.2) is 54.7 Å². The first-order valence-corrected chi connectivity index (χ1v) is 9.10. The zero-order valence-electron chi connectivity index (χ0n) is 14.2. The van der Waals surface area contributed by atoms with Gasteiger partial charge in [-0.2, -0.15) is 0 Å². The maximum Gasteiger partial charge on any atom is 0.156 e. The van der Waals surface area contributed by atoms with Crippen molar-refractivity contribution in [2.24, 2.45) is 0 Å². The molecule has 1 N–H and O–H groups in total. The molecule has 0 saturated carbocycles. The van der Waals surface area contributed by atoms with Gasteiger partial charge in [0.25, 0.3) is 0 Å². The van der Waals surface area contributed by atoms with E-state index in [0.717, 1.165) is 49.8 Å². The van der Waals surface area contributed by atoms with Gasteiger partial charge in [-0.1, -0.05) is 30.3 Å². The number of pyridine rings is 1. The molecule has 124 valence electrons. The fourth-order valence-electron chi connectivity index (χ4n) is 2.80. The molecule has 5 heteroatoms. The number of fused-ring (bicyclic) bond motifs is 1. The lowest BCUT2D eigenvalue weighted by Crippen LogP contribution is -2.02. The normalized spacial score (nSPS) is 11.0. The molecule has 1 aromatic carbocycles. The Balaban J connectivity index is 1.80. The molecule has 0 aliphatic carbocycles. The average molecular weight is 346 g/mol. The van der Waals surface area contributed by atoms with Crippen molar-refractivity contribution in [3.8, 4) is 21.1 Å². The van der Waals surface area contributed by atoms with E-state index in [1.807, 2.05) is 25.3 Å². The predicted molar refractivity (Wildman–Crippen MR) is 105 cm³/mol. The molecule has 0 radical (unpaired) electrons. The maximum absolute atomic E-state index is 4.52. The summed E-state index contributed by atoms with van der Waals surface area (Å²) >= 11 is 1.69. The Bertz CT molecular complexity index is 1020. The minimum Gasteiger partial charge on any atom is -0.368 e. The number of rotatable bonds is 4. The van der Waals surface area contributed by atoms with Crippen LogP contribution in [-0.2, 0) is 0 Å². The second kappa shape index (κ2) is 6.61. The van der Waals surface area contributed by atoms with Crippen LogP contribution in [-0.4, -0.2) is 21.7 Å². The molecule has 3 heterocycles. The van der Waals surface area contributed by atoms with Crippen molar-refractivity contribution in [1.82, 2.24) is 15.2 Å². The van der Waals surface area contributed by atoms with Crippen molar-refractivity contribution in [3.05, 3.63) is 60.3 Å². The predicted octanol–water partition coefficient (Wildman–Crippen LogP) is 5.16. The van der Waals surface area contributed by atoms with Crippen molar-refractivity contribution in [3.63, 3.8) is 0 Å². The maximum atomic E-state index is 4.52. The molecule has 0 spiro atoms. The van der Waals surface area contributed by atoms with Gasteiger partial charge in [-0.25, -0.2) is 0 Å². The van der Waals surface area contributed by atoms with Gasteiger partial charge in [0.2, 0.25) is 0 Å². The largest absolute Gasteiger partial charge is 0.368 e. The molecule has 0 fully saturated rings. The highest BCUT2D eigenvalue weighted by molar-refractivity contribution is 7.18. The molecule has 4 aromatic rings. The second-order valence-electron chi connectivity index (χ2n) is 5.86. The number of nitrogens with one attached hydrogen (secondary N) is 1. The number of thiophene rings is 1. The van der Waals surface area contributed by atoms with Gasteiger partial charge < -0.3 is 5.32 Å². The van der Waals surface area contributed by atoms with E-state index in [1.54, 1.807) is 11.3 Å². The van der Waals surface area contributed by atoms with Crippen LogP contribution in [0, 0.1) is 6.92 Å². The van der Waals surface area contributed by atoms with E-state index in [1.165, 1.54) is 0 Å². The first-order chi connectivity index (χ1) is 12.3. The molecule has 0 atom stereocenters. The highest BCUT2D eigenvalue weighted by Crippen LogP contribution is 2.36. The van der Waals surface area contributed by atoms with E-state index in [4.69, 9.17) is 0 Å². The quantitative estimate of drug-likeness (QED) is 0.554. The zero-order valence-corrected chi connectivity index (χ0v) is 15.0. The third-order valence-electron chi connectivity index (χ3n) is 4.03. The van der Waals surface area contributed by atoms with Gasteiger partial charge >= 0.3 is 0 Å². The summed E-state index contributed by atoms with van der Waals surface area (Å²) < 4.78 is 0. The third-order valence-corrected chi connectivity index (χ3v) is 5.15. The first kappa shape index (κ1) is 15.7. The Labute approximate surface area is 150 Å². The van der Waals surface area contributed by atoms with Crippen LogP contribution in [0.4, 0.5) is 5.82 Å². The number of anilines is 1. The lowest BCUT2D eigenvalue weighted by Gasteiger charge is -2.08. The van der Waals surface area contributed by atoms with Gasteiger partial charge in [0.15, 0.2) is 5.82 Å². The standard InChI is InChI=1S/C20H18N4S/c1-3-21-20-15-7-5-4-6-14(15)19(23-24-20)18-11-10-17(25-18)16-9-8-13(2)12-22-16/h4-12H,3H2,1-2H3,(H,21,24). The molecular formula is C20H18N4S. The number of nitrogens with zero attached hydrogens (tertiary/aromatic N) is 3. The lowest BCUT2D eigenvalue weighted by atomic mass is 10.1. The number of hydrogen-bond acceptors (Lipinski definition) is 5. The Kier molecular flexibility index (Phi) is 4.15. The fraction of sp³-hybridized carbons (Fsp3) is 0.150. The van der Waals surface area contributed by atoms with Crippen LogP contribution in [0.5, 0.6) is 0 Å². The molecule has 0 aliphatic rings. The topological polar surface area (TPSA) is 50.7 Å². The van der Waals surface area contributed by atoms with Crippen LogP contribution in [0.2, 0.25) is 0 Å². The summed E-state index contributed by atoms with van der Waals surface area (Å²) in [5.41, 5.74) is 3.07. The van der Waals surface area contributed by atoms with E-state index in [2.05, 4.69) is 63.8 Å². The monoisotopic (exact) mass is 346 g/mol. The molecule has 0 saturated heterocycles. The van der Waals surface area contributed by atoms with E-state index >= 15 is 0 Å². The van der Waals surface area contributed by atoms with Gasteiger partial charge in [-0.15, -0.1) is 21.5 Å². The zero-order chi connectivity index (χ0) is 17.2. The lowest BCUT2D eigenvalue weighted by molar-refractivity contribution is 1.04. The van der Waals surface area contributed by atoms with Crippen molar-refractivity contribution in [2.45, 2.75) is 13.8 Å². The number of aryl methyl sites for hydroxylation is 1. The average Bonchev–Trinajstić information content (AvgIpc) is 3.13. The SMILES string of the molecule is CCNc1nnc(-c2ccc(-c3ccc(C)cn3)s2)c2ccccc12. The van der Waals surface area contributed by atoms with E-state index in [0.29, 0.717) is 0 Å². The minimum absolute atomic E-state index is 0.820. The van der Waals surface area contributed by atoms with Crippen molar-refractivity contribution in [2.75, 3.05) is 11.9 Å². The van der Waals surface area contributed by atoms with Crippen LogP contribution in [0.1, 0.15) is 12.5 Å². The fourth-order valence-corrected chi connectivity index (χ4v) is 3.78. The first-order valence-electron chi connectivity index (χ1n) is 8.29. The highest BCUT2D eigenvalue weighted by atomic mass is 32.1. The highest BCUT2D eigenvalue weighted by Gasteiger charge is 2.13. The van der Waals surface area contributed by atoms with Gasteiger partial charge in [0.1, 0.15) is 5.69 Å². The number of benzene rings is 1. The Morgan fingerprint density at radius 3 is 2.48 bits per heavy atom. The molecule has 0 amide bonds. The van der Waals surface area contributed by atoms with Crippen molar-refractivity contribution in [1.29, 1.82) is 0 Å². The van der Waals surface area contributed by atoms with Gasteiger partial charge in [-0.05, 0) is 37.6 Å². The van der Waals surface area contributed by atoms with E-state index < -0.39 is 0 Å². The third kappa shape index (κ3) is 2.98. The van der Waals surface area contributed by atoms with Crippen molar-refractivity contribution < 1.29 is 0 Å². The van der Waals surface area contributed by atoms with E-state index in [-0.39, 0.29) is 0 Å². The molecule has 0 aliphatic heterocycles. The van der Waals surface area contributed by atoms with E-state index in [9.17, 15) is 0 Å². The Morgan fingerprint density at radius 2 is 1.72 bits per heavy atom. The van der Waals surface area contributed by atoms with Gasteiger partial charge in [-0.3, -0.25) is 4.98 Å². The molecule has 4 rings (SSSR count). The summed E-state index contributed by atoms with van der Waals surface area (Å²) in [6.45, 7) is 4.93. The number of hydrogen-bond donors (Lipinski definition) is 1. The van der Waals surface area contributed by atoms with Crippen LogP contribution in [0.25, 0.3) is 31.9 Å². The molecule has 25 heavy (non-hydrogen) atoms. The summed E-state index contributed by atoms with van der Waals surface area (Å²) in [7, 11) is 0. The molecule has 0 bridgehead atoms. The smallest absolute Gasteiger partial charge is 0.156 e. The molecule has 0 unspecified atom stereocenters. The molecule has 4 nitrogen and oxygen atoms in total. The minimum atomic E-state index is 0.820. The van der Waals surface area contributed by atoms with Crippen LogP contribution >= 0.6 is 11.3 Å². The molecule has 3 aromatic heterocycles. The molecular weight excluding hydrogens is 328 g/mol. The summed E-state index contributed by atoms with van der Waals surface area (Å²) in [4.78, 5) is 6.76. The van der Waals surface area contributed by atoms with Gasteiger partial charge in [0, 0.05) is 23.5 Å². The van der Waals surface area contributed by atoms with Crippen LogP contribution < -0.4 is 5.32 Å². The Hall–Kier alpha value is -2.79. The summed E-state index contributed by atoms with van der Waals surface area (Å²) in [5, 5.41) is 14.4. The Morgan fingerprint density at radius 1 is 0.920 bits per heavy atom. The summed E-state index contributed by atoms with van der Waals surface area (Å²) in [6, 6.07) is 16.6. The summed E-state index contributed by atoms with van der Waals surface area (Å²) in [6.07, 6.45) is 1.90. The number of aromatic nitrogens is 3.